The number of carbonyl (C=O) groups excluding carboxylic acids is 2. The molecule has 0 radical (unpaired) electrons. The number of aliphatic hydroxyl groups is 1. The molecule has 0 unspecified atom stereocenters. The minimum Gasteiger partial charge on any atom is -0.469 e. The maximum Gasteiger partial charge on any atom is 0.326 e. The Morgan fingerprint density at radius 1 is 1.20 bits per heavy atom. The zero-order valence-corrected chi connectivity index (χ0v) is 14.4. The van der Waals surface area contributed by atoms with Crippen LogP contribution in [0, 0.1) is 5.92 Å². The van der Waals surface area contributed by atoms with Crippen LogP contribution in [-0.2, 0) is 19.1 Å². The molecule has 0 aliphatic carbocycles. The molecular formula is C19H23NO5. The van der Waals surface area contributed by atoms with Crippen molar-refractivity contribution in [2.24, 2.45) is 5.92 Å². The maximum atomic E-state index is 12.5. The Balaban J connectivity index is 1.96. The summed E-state index contributed by atoms with van der Waals surface area (Å²) in [4.78, 5) is 26.7. The van der Waals surface area contributed by atoms with E-state index < -0.39 is 23.5 Å². The predicted octanol–water partition coefficient (Wildman–Crippen LogP) is 1.24. The summed E-state index contributed by atoms with van der Waals surface area (Å²) in [6.45, 7) is 0.326. The highest BCUT2D eigenvalue weighted by molar-refractivity contribution is 5.85. The number of benzene rings is 1. The lowest BCUT2D eigenvalue weighted by molar-refractivity contribution is -0.152. The summed E-state index contributed by atoms with van der Waals surface area (Å²) in [7, 11) is 2.68. The summed E-state index contributed by atoms with van der Waals surface area (Å²) in [6, 6.07) is 9.40. The van der Waals surface area contributed by atoms with E-state index in [0.29, 0.717) is 6.54 Å². The first kappa shape index (κ1) is 17.6. The van der Waals surface area contributed by atoms with Gasteiger partial charge in [0.25, 0.3) is 0 Å². The topological polar surface area (TPSA) is 76.1 Å². The fourth-order valence-corrected chi connectivity index (χ4v) is 4.14. The van der Waals surface area contributed by atoms with Crippen molar-refractivity contribution in [3.8, 4) is 0 Å². The molecule has 6 heteroatoms. The predicted molar refractivity (Wildman–Crippen MR) is 91.5 cm³/mol. The Morgan fingerprint density at radius 3 is 2.56 bits per heavy atom. The van der Waals surface area contributed by atoms with Crippen LogP contribution >= 0.6 is 0 Å². The number of hydrogen-bond acceptors (Lipinski definition) is 6. The number of carbonyl (C=O) groups is 2. The number of ether oxygens (including phenoxy) is 2. The van der Waals surface area contributed by atoms with Gasteiger partial charge in [-0.25, -0.2) is 0 Å². The lowest BCUT2D eigenvalue weighted by atomic mass is 9.88. The molecule has 2 saturated heterocycles. The molecule has 2 fully saturated rings. The average Bonchev–Trinajstić information content (AvgIpc) is 3.12. The molecule has 0 aromatic heterocycles. The van der Waals surface area contributed by atoms with Gasteiger partial charge in [0.1, 0.15) is 5.54 Å². The van der Waals surface area contributed by atoms with Gasteiger partial charge in [-0.15, -0.1) is 0 Å². The van der Waals surface area contributed by atoms with Crippen molar-refractivity contribution >= 4 is 18.0 Å². The number of nitrogens with zero attached hydrogens (tertiary/aromatic N) is 1. The molecule has 4 atom stereocenters. The van der Waals surface area contributed by atoms with Gasteiger partial charge in [0.2, 0.25) is 0 Å². The molecular weight excluding hydrogens is 322 g/mol. The standard InChI is InChI=1S/C19H23NO5/c1-24-17(22)15-11-19(18(23)25-2)10-14(21)12-20(19)16(15)9-8-13-6-4-3-5-7-13/h3-9,14-16,21H,10-12H2,1-2H3/b9-8+/t14-,15+,16+,19-/m1/s1. The number of β-amino-alcohol motifs (C(OH)–C–C–N with tert-alkyl or cyclic N) is 1. The SMILES string of the molecule is COC(=O)[C@H]1C[C@@]2(C(=O)OC)C[C@@H](O)CN2[C@H]1/C=C/c1ccccc1. The third-order valence-electron chi connectivity index (χ3n) is 5.22. The van der Waals surface area contributed by atoms with E-state index in [2.05, 4.69) is 0 Å². The van der Waals surface area contributed by atoms with Gasteiger partial charge >= 0.3 is 11.9 Å². The monoisotopic (exact) mass is 345 g/mol. The van der Waals surface area contributed by atoms with E-state index in [9.17, 15) is 14.7 Å². The lowest BCUT2D eigenvalue weighted by Crippen LogP contribution is -2.48. The number of hydrogen-bond donors (Lipinski definition) is 1. The van der Waals surface area contributed by atoms with Crippen molar-refractivity contribution in [3.05, 3.63) is 42.0 Å². The van der Waals surface area contributed by atoms with Crippen molar-refractivity contribution in [2.75, 3.05) is 20.8 Å². The highest BCUT2D eigenvalue weighted by atomic mass is 16.5. The third-order valence-corrected chi connectivity index (χ3v) is 5.22. The van der Waals surface area contributed by atoms with E-state index >= 15 is 0 Å². The van der Waals surface area contributed by atoms with E-state index in [0.717, 1.165) is 5.56 Å². The molecule has 2 heterocycles. The minimum atomic E-state index is -0.973. The van der Waals surface area contributed by atoms with Crippen LogP contribution in [0.3, 0.4) is 0 Å². The fraction of sp³-hybridized carbons (Fsp3) is 0.474. The lowest BCUT2D eigenvalue weighted by Gasteiger charge is -2.30. The quantitative estimate of drug-likeness (QED) is 0.828. The van der Waals surface area contributed by atoms with Crippen molar-refractivity contribution in [1.29, 1.82) is 0 Å². The van der Waals surface area contributed by atoms with E-state index in [4.69, 9.17) is 9.47 Å². The third kappa shape index (κ3) is 3.07. The molecule has 0 saturated carbocycles. The van der Waals surface area contributed by atoms with Crippen LogP contribution in [0.15, 0.2) is 36.4 Å². The largest absolute Gasteiger partial charge is 0.469 e. The molecule has 0 amide bonds. The Hall–Kier alpha value is -2.18. The van der Waals surface area contributed by atoms with E-state index in [-0.39, 0.29) is 24.9 Å². The Kier molecular flexibility index (Phi) is 4.92. The fourth-order valence-electron chi connectivity index (χ4n) is 4.14. The zero-order valence-electron chi connectivity index (χ0n) is 14.4. The minimum absolute atomic E-state index is 0.267. The number of fused-ring (bicyclic) bond motifs is 1. The average molecular weight is 345 g/mol. The molecule has 0 bridgehead atoms. The summed E-state index contributed by atoms with van der Waals surface area (Å²) in [5.74, 6) is -1.24. The molecule has 2 aliphatic rings. The summed E-state index contributed by atoms with van der Waals surface area (Å²) >= 11 is 0. The summed E-state index contributed by atoms with van der Waals surface area (Å²) in [5, 5.41) is 10.1. The van der Waals surface area contributed by atoms with Gasteiger partial charge in [0.05, 0.1) is 26.2 Å². The van der Waals surface area contributed by atoms with Gasteiger partial charge < -0.3 is 14.6 Å². The number of rotatable bonds is 4. The van der Waals surface area contributed by atoms with E-state index in [1.807, 2.05) is 47.4 Å². The number of esters is 2. The molecule has 2 aliphatic heterocycles. The Labute approximate surface area is 147 Å². The van der Waals surface area contributed by atoms with Gasteiger partial charge in [-0.3, -0.25) is 14.5 Å². The van der Waals surface area contributed by atoms with E-state index in [1.54, 1.807) is 0 Å². The first-order valence-corrected chi connectivity index (χ1v) is 8.36. The van der Waals surface area contributed by atoms with Crippen molar-refractivity contribution in [3.63, 3.8) is 0 Å². The first-order valence-electron chi connectivity index (χ1n) is 8.36. The summed E-state index contributed by atoms with van der Waals surface area (Å²) in [5.41, 5.74) is 0.0278. The normalized spacial score (nSPS) is 31.9. The molecule has 1 aromatic carbocycles. The first-order chi connectivity index (χ1) is 12.0. The van der Waals surface area contributed by atoms with Crippen LogP contribution < -0.4 is 0 Å². The van der Waals surface area contributed by atoms with Crippen molar-refractivity contribution in [1.82, 2.24) is 4.90 Å². The Bertz CT molecular complexity index is 674. The van der Waals surface area contributed by atoms with Crippen LogP contribution in [0.2, 0.25) is 0 Å². The van der Waals surface area contributed by atoms with Crippen molar-refractivity contribution in [2.45, 2.75) is 30.5 Å². The molecule has 3 rings (SSSR count). The highest BCUT2D eigenvalue weighted by Crippen LogP contribution is 2.47. The van der Waals surface area contributed by atoms with Gasteiger partial charge in [0.15, 0.2) is 0 Å². The molecule has 1 N–H and O–H groups in total. The summed E-state index contributed by atoms with van der Waals surface area (Å²) < 4.78 is 9.94. The maximum absolute atomic E-state index is 12.5. The highest BCUT2D eigenvalue weighted by Gasteiger charge is 2.62. The van der Waals surface area contributed by atoms with E-state index in [1.165, 1.54) is 14.2 Å². The molecule has 25 heavy (non-hydrogen) atoms. The van der Waals surface area contributed by atoms with Gasteiger partial charge in [0, 0.05) is 19.0 Å². The molecule has 0 spiro atoms. The smallest absolute Gasteiger partial charge is 0.326 e. The van der Waals surface area contributed by atoms with Crippen LogP contribution in [0.25, 0.3) is 6.08 Å². The summed E-state index contributed by atoms with van der Waals surface area (Å²) in [6.07, 6.45) is 3.78. The number of aliphatic hydroxyl groups excluding tert-OH is 1. The van der Waals surface area contributed by atoms with Crippen LogP contribution in [0.5, 0.6) is 0 Å². The number of methoxy groups -OCH3 is 2. The molecule has 134 valence electrons. The zero-order chi connectivity index (χ0) is 18.0. The second-order valence-electron chi connectivity index (χ2n) is 6.63. The molecule has 6 nitrogen and oxygen atoms in total. The van der Waals surface area contributed by atoms with Gasteiger partial charge in [-0.1, -0.05) is 42.5 Å². The van der Waals surface area contributed by atoms with Gasteiger partial charge in [-0.05, 0) is 12.0 Å². The second-order valence-corrected chi connectivity index (χ2v) is 6.63. The van der Waals surface area contributed by atoms with Gasteiger partial charge in [-0.2, -0.15) is 0 Å². The van der Waals surface area contributed by atoms with Crippen LogP contribution in [0.1, 0.15) is 18.4 Å². The molecule has 1 aromatic rings. The van der Waals surface area contributed by atoms with Crippen molar-refractivity contribution < 1.29 is 24.2 Å². The van der Waals surface area contributed by atoms with Crippen LogP contribution in [0.4, 0.5) is 0 Å². The second kappa shape index (κ2) is 6.98. The Morgan fingerprint density at radius 2 is 1.92 bits per heavy atom. The van der Waals surface area contributed by atoms with Crippen LogP contribution in [-0.4, -0.2) is 60.4 Å².